The molecule has 37 heavy (non-hydrogen) atoms. The number of alkyl halides is 10. The van der Waals surface area contributed by atoms with Gasteiger partial charge in [-0.05, 0) is 0 Å². The SMILES string of the molecule is FC(F)(Cl)C(F)(Cl)COP(OCC(F)(Cl)C(F)(F)Cl)(c1ccccc1)(c1ccccc1)c1ccccc1. The van der Waals surface area contributed by atoms with E-state index in [-0.39, 0.29) is 15.9 Å². The van der Waals surface area contributed by atoms with Crippen LogP contribution in [0.25, 0.3) is 0 Å². The van der Waals surface area contributed by atoms with Crippen LogP contribution in [-0.2, 0) is 9.05 Å². The normalized spacial score (nSPS) is 17.3. The van der Waals surface area contributed by atoms with Crippen molar-refractivity contribution in [3.05, 3.63) is 91.0 Å². The van der Waals surface area contributed by atoms with E-state index >= 15 is 0 Å². The topological polar surface area (TPSA) is 18.5 Å². The second-order valence-electron chi connectivity index (χ2n) is 7.92. The van der Waals surface area contributed by atoms with Crippen molar-refractivity contribution in [3.8, 4) is 0 Å². The molecule has 0 spiro atoms. The first kappa shape index (κ1) is 30.3. The summed E-state index contributed by atoms with van der Waals surface area (Å²) in [6, 6.07) is 22.4. The van der Waals surface area contributed by atoms with Gasteiger partial charge >= 0.3 is 230 Å². The number of hydrogen-bond acceptors (Lipinski definition) is 2. The predicted molar refractivity (Wildman–Crippen MR) is 138 cm³/mol. The van der Waals surface area contributed by atoms with E-state index in [0.717, 1.165) is 0 Å². The maximum absolute atomic E-state index is 15.0. The molecule has 0 saturated carbocycles. The number of rotatable bonds is 11. The van der Waals surface area contributed by atoms with Crippen molar-refractivity contribution in [2.75, 3.05) is 13.2 Å². The van der Waals surface area contributed by atoms with Crippen molar-refractivity contribution in [2.24, 2.45) is 0 Å². The van der Waals surface area contributed by atoms with E-state index in [1.165, 1.54) is 72.8 Å². The Morgan fingerprint density at radius 3 is 0.946 bits per heavy atom. The Kier molecular flexibility index (Phi) is 8.78. The van der Waals surface area contributed by atoms with Crippen molar-refractivity contribution in [1.82, 2.24) is 0 Å². The molecule has 202 valence electrons. The van der Waals surface area contributed by atoms with Crippen LogP contribution in [0.15, 0.2) is 91.0 Å². The van der Waals surface area contributed by atoms with Gasteiger partial charge in [-0.3, -0.25) is 0 Å². The van der Waals surface area contributed by atoms with Gasteiger partial charge < -0.3 is 0 Å². The van der Waals surface area contributed by atoms with Crippen LogP contribution in [0.1, 0.15) is 0 Å². The van der Waals surface area contributed by atoms with Gasteiger partial charge in [0.1, 0.15) is 0 Å². The summed E-state index contributed by atoms with van der Waals surface area (Å²) in [6.45, 7) is -3.22. The summed E-state index contributed by atoms with van der Waals surface area (Å²) >= 11 is 20.7. The summed E-state index contributed by atoms with van der Waals surface area (Å²) in [6.07, 6.45) is 0. The Hall–Kier alpha value is -1.25. The van der Waals surface area contributed by atoms with Gasteiger partial charge in [0.05, 0.1) is 0 Å². The van der Waals surface area contributed by atoms with E-state index in [9.17, 15) is 26.3 Å². The fourth-order valence-corrected chi connectivity index (χ4v) is 8.82. The third-order valence-corrected chi connectivity index (χ3v) is 11.9. The van der Waals surface area contributed by atoms with E-state index in [2.05, 4.69) is 0 Å². The van der Waals surface area contributed by atoms with E-state index in [0.29, 0.717) is 0 Å². The molecule has 0 saturated heterocycles. The average Bonchev–Trinajstić information content (AvgIpc) is 2.85. The van der Waals surface area contributed by atoms with Gasteiger partial charge in [0.25, 0.3) is 0 Å². The number of hydrogen-bond donors (Lipinski definition) is 0. The summed E-state index contributed by atoms with van der Waals surface area (Å²) in [5, 5.41) is -17.0. The van der Waals surface area contributed by atoms with Gasteiger partial charge in [-0.15, -0.1) is 0 Å². The van der Waals surface area contributed by atoms with Crippen molar-refractivity contribution in [3.63, 3.8) is 0 Å². The molecule has 13 heteroatoms. The van der Waals surface area contributed by atoms with Crippen molar-refractivity contribution < 1.29 is 35.4 Å². The van der Waals surface area contributed by atoms with Crippen LogP contribution in [0.3, 0.4) is 0 Å². The Labute approximate surface area is 229 Å². The third kappa shape index (κ3) is 5.72. The molecule has 2 atom stereocenters. The minimum atomic E-state index is -5.31. The Morgan fingerprint density at radius 2 is 0.730 bits per heavy atom. The average molecular weight is 626 g/mol. The van der Waals surface area contributed by atoms with Gasteiger partial charge in [0.2, 0.25) is 0 Å². The summed E-state index contributed by atoms with van der Waals surface area (Å²) in [5.74, 6) is 0. The van der Waals surface area contributed by atoms with E-state index in [1.54, 1.807) is 18.2 Å². The summed E-state index contributed by atoms with van der Waals surface area (Å²) in [5.41, 5.74) is 0. The van der Waals surface area contributed by atoms with Gasteiger partial charge in [0.15, 0.2) is 0 Å². The van der Waals surface area contributed by atoms with E-state index in [1.807, 2.05) is 0 Å². The molecule has 0 N–H and O–H groups in total. The second kappa shape index (κ2) is 10.7. The van der Waals surface area contributed by atoms with Gasteiger partial charge in [-0.25, -0.2) is 0 Å². The molecular formula is C24H19Cl4F6O2P. The van der Waals surface area contributed by atoms with E-state index in [4.69, 9.17) is 55.5 Å². The molecule has 0 radical (unpaired) electrons. The fourth-order valence-electron chi connectivity index (χ4n) is 3.60. The zero-order valence-corrected chi connectivity index (χ0v) is 22.5. The molecule has 3 aromatic rings. The first-order chi connectivity index (χ1) is 17.1. The second-order valence-corrected chi connectivity index (χ2v) is 14.0. The standard InChI is InChI=1S/C24H19Cl4F6O2P/c25-21(29,23(27,31)32)16-35-37(18-10-4-1-5-11-18,19-12-6-2-7-13-19,20-14-8-3-9-15-20)36-17-22(26,30)24(28,33)34/h1-15H,16-17H2. The third-order valence-electron chi connectivity index (χ3n) is 5.49. The molecular weight excluding hydrogens is 607 g/mol. The molecule has 0 fully saturated rings. The molecule has 0 aromatic heterocycles. The van der Waals surface area contributed by atoms with Crippen molar-refractivity contribution >= 4 is 69.4 Å². The van der Waals surface area contributed by atoms with Crippen molar-refractivity contribution in [2.45, 2.75) is 21.0 Å². The molecule has 0 aliphatic rings. The van der Waals surface area contributed by atoms with Crippen LogP contribution in [0.5, 0.6) is 0 Å². The molecule has 0 heterocycles. The van der Waals surface area contributed by atoms with E-state index < -0.39 is 41.3 Å². The molecule has 0 aliphatic carbocycles. The first-order valence-corrected chi connectivity index (χ1v) is 14.0. The van der Waals surface area contributed by atoms with Crippen LogP contribution in [0.4, 0.5) is 26.3 Å². The zero-order chi connectivity index (χ0) is 27.6. The van der Waals surface area contributed by atoms with Crippen LogP contribution in [-0.4, -0.2) is 34.2 Å². The van der Waals surface area contributed by atoms with Crippen molar-refractivity contribution in [1.29, 1.82) is 0 Å². The summed E-state index contributed by atoms with van der Waals surface area (Å²) in [7, 11) is -5.31. The molecule has 2 unspecified atom stereocenters. The van der Waals surface area contributed by atoms with Gasteiger partial charge in [-0.2, -0.15) is 0 Å². The fraction of sp³-hybridized carbons (Fsp3) is 0.250. The van der Waals surface area contributed by atoms with Crippen LogP contribution in [0.2, 0.25) is 0 Å². The molecule has 3 rings (SSSR count). The van der Waals surface area contributed by atoms with Gasteiger partial charge in [-0.1, -0.05) is 0 Å². The number of halogens is 10. The quantitative estimate of drug-likeness (QED) is 0.123. The monoisotopic (exact) mass is 624 g/mol. The minimum absolute atomic E-state index is 0.0709. The van der Waals surface area contributed by atoms with Crippen LogP contribution < -0.4 is 15.9 Å². The predicted octanol–water partition coefficient (Wildman–Crippen LogP) is 7.85. The first-order valence-electron chi connectivity index (χ1n) is 10.4. The molecule has 0 bridgehead atoms. The van der Waals surface area contributed by atoms with Crippen LogP contribution >= 0.6 is 53.5 Å². The summed E-state index contributed by atoms with van der Waals surface area (Å²) < 4.78 is 97.6. The molecule has 0 aliphatic heterocycles. The summed E-state index contributed by atoms with van der Waals surface area (Å²) in [4.78, 5) is 0. The molecule has 0 amide bonds. The molecule has 2 nitrogen and oxygen atoms in total. The Bertz CT molecular complexity index is 1040. The van der Waals surface area contributed by atoms with Crippen LogP contribution in [0, 0.1) is 0 Å². The van der Waals surface area contributed by atoms with Gasteiger partial charge in [0, 0.05) is 0 Å². The number of benzene rings is 3. The zero-order valence-electron chi connectivity index (χ0n) is 18.6. The molecule has 3 aromatic carbocycles. The maximum atomic E-state index is 15.0. The Balaban J connectivity index is 2.44. The Morgan fingerprint density at radius 1 is 0.486 bits per heavy atom.